The summed E-state index contributed by atoms with van der Waals surface area (Å²) in [6, 6.07) is 10.3. The third-order valence-electron chi connectivity index (χ3n) is 2.76. The molecule has 0 bridgehead atoms. The molecule has 21 heavy (non-hydrogen) atoms. The molecule has 110 valence electrons. The molecule has 0 unspecified atom stereocenters. The fraction of sp³-hybridized carbons (Fsp3) is 0.133. The van der Waals surface area contributed by atoms with Crippen LogP contribution in [0.2, 0.25) is 5.02 Å². The van der Waals surface area contributed by atoms with E-state index in [1.54, 1.807) is 6.07 Å². The second kappa shape index (κ2) is 6.54. The smallest absolute Gasteiger partial charge is 0.387 e. The monoisotopic (exact) mass is 312 g/mol. The lowest BCUT2D eigenvalue weighted by Crippen LogP contribution is -2.09. The van der Waals surface area contributed by atoms with Gasteiger partial charge in [-0.05, 0) is 30.3 Å². The van der Waals surface area contributed by atoms with Gasteiger partial charge in [-0.2, -0.15) is 8.78 Å². The van der Waals surface area contributed by atoms with Gasteiger partial charge in [0.2, 0.25) is 0 Å². The van der Waals surface area contributed by atoms with Crippen molar-refractivity contribution in [1.29, 1.82) is 0 Å². The van der Waals surface area contributed by atoms with Gasteiger partial charge >= 0.3 is 6.61 Å². The highest BCUT2D eigenvalue weighted by Gasteiger charge is 2.17. The van der Waals surface area contributed by atoms with E-state index in [1.807, 2.05) is 0 Å². The molecule has 0 heterocycles. The maximum Gasteiger partial charge on any atom is 0.387 e. The summed E-state index contributed by atoms with van der Waals surface area (Å²) in [6.45, 7) is -3.00. The molecular formula is C15H11ClF2O3. The van der Waals surface area contributed by atoms with Crippen LogP contribution in [0.5, 0.6) is 11.5 Å². The molecule has 0 fully saturated rings. The molecule has 2 rings (SSSR count). The van der Waals surface area contributed by atoms with Gasteiger partial charge in [0.05, 0.1) is 17.7 Å². The van der Waals surface area contributed by atoms with E-state index < -0.39 is 12.4 Å². The number of ketones is 1. The number of carbonyl (C=O) groups is 1. The van der Waals surface area contributed by atoms with Gasteiger partial charge in [-0.25, -0.2) is 0 Å². The van der Waals surface area contributed by atoms with Crippen LogP contribution in [0.3, 0.4) is 0 Å². The van der Waals surface area contributed by atoms with Crippen molar-refractivity contribution in [3.63, 3.8) is 0 Å². The van der Waals surface area contributed by atoms with E-state index in [-0.39, 0.29) is 21.9 Å². The van der Waals surface area contributed by atoms with Gasteiger partial charge in [-0.15, -0.1) is 0 Å². The average molecular weight is 313 g/mol. The summed E-state index contributed by atoms with van der Waals surface area (Å²) < 4.78 is 34.1. The molecule has 0 aliphatic carbocycles. The molecule has 0 aliphatic rings. The number of methoxy groups -OCH3 is 1. The van der Waals surface area contributed by atoms with Gasteiger partial charge in [-0.3, -0.25) is 4.79 Å². The van der Waals surface area contributed by atoms with Gasteiger partial charge in [0, 0.05) is 5.56 Å². The van der Waals surface area contributed by atoms with E-state index in [2.05, 4.69) is 4.74 Å². The van der Waals surface area contributed by atoms with E-state index in [9.17, 15) is 13.6 Å². The number of benzene rings is 2. The Morgan fingerprint density at radius 1 is 1.14 bits per heavy atom. The third-order valence-corrected chi connectivity index (χ3v) is 3.06. The van der Waals surface area contributed by atoms with E-state index >= 15 is 0 Å². The van der Waals surface area contributed by atoms with Crippen molar-refractivity contribution in [3.05, 3.63) is 58.6 Å². The van der Waals surface area contributed by atoms with Crippen LogP contribution in [0, 0.1) is 0 Å². The van der Waals surface area contributed by atoms with Crippen LogP contribution in [-0.2, 0) is 0 Å². The van der Waals surface area contributed by atoms with Gasteiger partial charge in [0.1, 0.15) is 11.5 Å². The Morgan fingerprint density at radius 2 is 1.86 bits per heavy atom. The first-order valence-corrected chi connectivity index (χ1v) is 6.33. The molecule has 0 aromatic heterocycles. The number of alkyl halides is 2. The van der Waals surface area contributed by atoms with Gasteiger partial charge in [-0.1, -0.05) is 23.7 Å². The summed E-state index contributed by atoms with van der Waals surface area (Å²) in [4.78, 5) is 12.4. The Bertz CT molecular complexity index is 659. The highest BCUT2D eigenvalue weighted by molar-refractivity contribution is 6.32. The van der Waals surface area contributed by atoms with Crippen molar-refractivity contribution in [2.24, 2.45) is 0 Å². The second-order valence-electron chi connectivity index (χ2n) is 4.05. The molecule has 0 N–H and O–H groups in total. The van der Waals surface area contributed by atoms with Crippen molar-refractivity contribution in [2.75, 3.05) is 7.11 Å². The first kappa shape index (κ1) is 15.3. The van der Waals surface area contributed by atoms with Crippen molar-refractivity contribution < 1.29 is 23.0 Å². The van der Waals surface area contributed by atoms with Crippen LogP contribution in [0.1, 0.15) is 15.9 Å². The van der Waals surface area contributed by atoms with E-state index in [0.29, 0.717) is 5.75 Å². The van der Waals surface area contributed by atoms with Crippen molar-refractivity contribution in [3.8, 4) is 11.5 Å². The SMILES string of the molecule is COc1ccc(C(=O)c2ccccc2OC(F)F)cc1Cl. The highest BCUT2D eigenvalue weighted by Crippen LogP contribution is 2.28. The lowest BCUT2D eigenvalue weighted by Gasteiger charge is -2.10. The van der Waals surface area contributed by atoms with Crippen molar-refractivity contribution >= 4 is 17.4 Å². The van der Waals surface area contributed by atoms with Crippen LogP contribution in [-0.4, -0.2) is 19.5 Å². The summed E-state index contributed by atoms with van der Waals surface area (Å²) >= 11 is 5.96. The Labute approximate surface area is 125 Å². The molecule has 0 atom stereocenters. The fourth-order valence-electron chi connectivity index (χ4n) is 1.82. The number of para-hydroxylation sites is 1. The number of carbonyl (C=O) groups excluding carboxylic acids is 1. The zero-order chi connectivity index (χ0) is 15.4. The number of ether oxygens (including phenoxy) is 2. The molecule has 0 spiro atoms. The zero-order valence-corrected chi connectivity index (χ0v) is 11.7. The second-order valence-corrected chi connectivity index (χ2v) is 4.46. The predicted molar refractivity (Wildman–Crippen MR) is 74.5 cm³/mol. The predicted octanol–water partition coefficient (Wildman–Crippen LogP) is 4.18. The van der Waals surface area contributed by atoms with Crippen LogP contribution < -0.4 is 9.47 Å². The van der Waals surface area contributed by atoms with Crippen LogP contribution in [0.4, 0.5) is 8.78 Å². The van der Waals surface area contributed by atoms with E-state index in [1.165, 1.54) is 43.5 Å². The highest BCUT2D eigenvalue weighted by atomic mass is 35.5. The molecule has 0 saturated carbocycles. The number of rotatable bonds is 5. The Morgan fingerprint density at radius 3 is 2.48 bits per heavy atom. The molecule has 3 nitrogen and oxygen atoms in total. The van der Waals surface area contributed by atoms with Gasteiger partial charge in [0.15, 0.2) is 5.78 Å². The minimum Gasteiger partial charge on any atom is -0.495 e. The molecule has 0 amide bonds. The Kier molecular flexibility index (Phi) is 4.75. The maximum absolute atomic E-state index is 12.4. The lowest BCUT2D eigenvalue weighted by molar-refractivity contribution is -0.0501. The van der Waals surface area contributed by atoms with Crippen LogP contribution in [0.15, 0.2) is 42.5 Å². The minimum absolute atomic E-state index is 0.0408. The van der Waals surface area contributed by atoms with E-state index in [4.69, 9.17) is 16.3 Å². The summed E-state index contributed by atoms with van der Waals surface area (Å²) in [5, 5.41) is 0.260. The first-order chi connectivity index (χ1) is 10.0. The topological polar surface area (TPSA) is 35.5 Å². The summed E-state index contributed by atoms with van der Waals surface area (Å²) in [6.07, 6.45) is 0. The molecule has 6 heteroatoms. The fourth-order valence-corrected chi connectivity index (χ4v) is 2.07. The molecule has 0 saturated heterocycles. The molecule has 2 aromatic rings. The number of halogens is 3. The summed E-state index contributed by atoms with van der Waals surface area (Å²) in [7, 11) is 1.45. The summed E-state index contributed by atoms with van der Waals surface area (Å²) in [5.41, 5.74) is 0.296. The summed E-state index contributed by atoms with van der Waals surface area (Å²) in [5.74, 6) is -0.217. The first-order valence-electron chi connectivity index (χ1n) is 5.95. The molecule has 2 aromatic carbocycles. The number of hydrogen-bond donors (Lipinski definition) is 0. The zero-order valence-electron chi connectivity index (χ0n) is 11.0. The average Bonchev–Trinajstić information content (AvgIpc) is 2.46. The molecule has 0 radical (unpaired) electrons. The molecule has 0 aliphatic heterocycles. The Hall–Kier alpha value is -2.14. The van der Waals surface area contributed by atoms with Crippen molar-refractivity contribution in [1.82, 2.24) is 0 Å². The van der Waals surface area contributed by atoms with Gasteiger partial charge in [0.25, 0.3) is 0 Å². The third kappa shape index (κ3) is 3.49. The minimum atomic E-state index is -3.00. The van der Waals surface area contributed by atoms with Gasteiger partial charge < -0.3 is 9.47 Å². The van der Waals surface area contributed by atoms with Crippen LogP contribution >= 0.6 is 11.6 Å². The largest absolute Gasteiger partial charge is 0.495 e. The lowest BCUT2D eigenvalue weighted by atomic mass is 10.0. The maximum atomic E-state index is 12.4. The molecular weight excluding hydrogens is 302 g/mol. The van der Waals surface area contributed by atoms with Crippen molar-refractivity contribution in [2.45, 2.75) is 6.61 Å². The van der Waals surface area contributed by atoms with E-state index in [0.717, 1.165) is 0 Å². The standard InChI is InChI=1S/C15H11ClF2O3/c1-20-13-7-6-9(8-11(13)16)14(19)10-4-2-3-5-12(10)21-15(17)18/h2-8,15H,1H3. The Balaban J connectivity index is 2.38. The quantitative estimate of drug-likeness (QED) is 0.777. The van der Waals surface area contributed by atoms with Crippen LogP contribution in [0.25, 0.3) is 0 Å². The number of hydrogen-bond acceptors (Lipinski definition) is 3. The normalized spacial score (nSPS) is 10.5.